The summed E-state index contributed by atoms with van der Waals surface area (Å²) in [5, 5.41) is 0. The van der Waals surface area contributed by atoms with Gasteiger partial charge in [-0.05, 0) is 56.3 Å². The van der Waals surface area contributed by atoms with Gasteiger partial charge in [-0.25, -0.2) is 0 Å². The highest BCUT2D eigenvalue weighted by Crippen LogP contribution is 2.50. The van der Waals surface area contributed by atoms with E-state index < -0.39 is 0 Å². The second-order valence-electron chi connectivity index (χ2n) is 5.70. The van der Waals surface area contributed by atoms with Crippen molar-refractivity contribution in [2.45, 2.75) is 58.4 Å². The molecule has 1 heteroatoms. The van der Waals surface area contributed by atoms with Crippen LogP contribution in [0.5, 0.6) is 0 Å². The van der Waals surface area contributed by atoms with E-state index in [0.29, 0.717) is 6.04 Å². The predicted octanol–water partition coefficient (Wildman–Crippen LogP) is 3.19. The third kappa shape index (κ3) is 1.98. The van der Waals surface area contributed by atoms with Crippen molar-refractivity contribution < 1.29 is 0 Å². The van der Waals surface area contributed by atoms with Crippen molar-refractivity contribution in [1.82, 2.24) is 0 Å². The lowest BCUT2D eigenvalue weighted by atomic mass is 9.79. The third-order valence-electron chi connectivity index (χ3n) is 4.76. The van der Waals surface area contributed by atoms with Gasteiger partial charge in [0, 0.05) is 6.04 Å². The lowest BCUT2D eigenvalue weighted by Crippen LogP contribution is -2.29. The molecule has 0 aromatic carbocycles. The topological polar surface area (TPSA) is 26.0 Å². The first-order valence-corrected chi connectivity index (χ1v) is 6.46. The minimum absolute atomic E-state index is 0.402. The minimum Gasteiger partial charge on any atom is -0.328 e. The number of fused-ring (bicyclic) bond motifs is 2. The van der Waals surface area contributed by atoms with Crippen LogP contribution in [0.25, 0.3) is 0 Å². The molecule has 5 unspecified atom stereocenters. The van der Waals surface area contributed by atoms with Crippen molar-refractivity contribution in [3.8, 4) is 0 Å². The van der Waals surface area contributed by atoms with Gasteiger partial charge in [-0.15, -0.1) is 0 Å². The number of nitrogens with two attached hydrogens (primary N) is 1. The van der Waals surface area contributed by atoms with Gasteiger partial charge in [0.05, 0.1) is 0 Å². The summed E-state index contributed by atoms with van der Waals surface area (Å²) in [5.74, 6) is 3.98. The van der Waals surface area contributed by atoms with Crippen LogP contribution in [0.4, 0.5) is 0 Å². The highest BCUT2D eigenvalue weighted by molar-refractivity contribution is 4.91. The second kappa shape index (κ2) is 4.22. The quantitative estimate of drug-likeness (QED) is 0.732. The van der Waals surface area contributed by atoms with E-state index in [4.69, 9.17) is 5.73 Å². The Balaban J connectivity index is 1.85. The Hall–Kier alpha value is -0.0400. The lowest BCUT2D eigenvalue weighted by Gasteiger charge is -2.28. The van der Waals surface area contributed by atoms with Gasteiger partial charge < -0.3 is 5.73 Å². The maximum absolute atomic E-state index is 6.02. The smallest absolute Gasteiger partial charge is 0.00387 e. The summed E-state index contributed by atoms with van der Waals surface area (Å²) in [6.07, 6.45) is 8.79. The molecule has 82 valence electrons. The van der Waals surface area contributed by atoms with Crippen molar-refractivity contribution in [2.75, 3.05) is 0 Å². The molecule has 2 bridgehead atoms. The Morgan fingerprint density at radius 1 is 1.29 bits per heavy atom. The van der Waals surface area contributed by atoms with Crippen LogP contribution in [0, 0.1) is 23.7 Å². The molecule has 0 radical (unpaired) electrons. The lowest BCUT2D eigenvalue weighted by molar-refractivity contribution is 0.246. The first kappa shape index (κ1) is 10.5. The fraction of sp³-hybridized carbons (Fsp3) is 1.00. The van der Waals surface area contributed by atoms with E-state index >= 15 is 0 Å². The molecular weight excluding hydrogens is 170 g/mol. The molecular formula is C13H25N. The van der Waals surface area contributed by atoms with Crippen molar-refractivity contribution >= 4 is 0 Å². The predicted molar refractivity (Wildman–Crippen MR) is 61.0 cm³/mol. The molecule has 14 heavy (non-hydrogen) atoms. The molecule has 2 aliphatic rings. The highest BCUT2D eigenvalue weighted by atomic mass is 14.6. The van der Waals surface area contributed by atoms with E-state index in [-0.39, 0.29) is 0 Å². The number of hydrogen-bond donors (Lipinski definition) is 1. The maximum atomic E-state index is 6.02. The molecule has 5 atom stereocenters. The van der Waals surface area contributed by atoms with Gasteiger partial charge in [-0.3, -0.25) is 0 Å². The molecule has 2 saturated carbocycles. The van der Waals surface area contributed by atoms with Gasteiger partial charge in [0.25, 0.3) is 0 Å². The van der Waals surface area contributed by atoms with Crippen molar-refractivity contribution in [2.24, 2.45) is 29.4 Å². The summed E-state index contributed by atoms with van der Waals surface area (Å²) in [5.41, 5.74) is 6.02. The third-order valence-corrected chi connectivity index (χ3v) is 4.76. The maximum Gasteiger partial charge on any atom is 0.00387 e. The molecule has 2 aliphatic carbocycles. The van der Waals surface area contributed by atoms with Crippen LogP contribution >= 0.6 is 0 Å². The fourth-order valence-electron chi connectivity index (χ4n) is 3.81. The van der Waals surface area contributed by atoms with Crippen LogP contribution in [0.15, 0.2) is 0 Å². The van der Waals surface area contributed by atoms with Crippen LogP contribution in [-0.4, -0.2) is 6.04 Å². The zero-order valence-corrected chi connectivity index (χ0v) is 9.71. The molecule has 2 N–H and O–H groups in total. The van der Waals surface area contributed by atoms with Crippen LogP contribution < -0.4 is 5.73 Å². The van der Waals surface area contributed by atoms with Gasteiger partial charge >= 0.3 is 0 Å². The second-order valence-corrected chi connectivity index (χ2v) is 5.70. The normalized spacial score (nSPS) is 40.1. The Kier molecular flexibility index (Phi) is 3.16. The van der Waals surface area contributed by atoms with Crippen molar-refractivity contribution in [3.05, 3.63) is 0 Å². The molecule has 0 aliphatic heterocycles. The zero-order valence-electron chi connectivity index (χ0n) is 9.71. The molecule has 2 fully saturated rings. The average molecular weight is 195 g/mol. The van der Waals surface area contributed by atoms with E-state index in [1.807, 2.05) is 0 Å². The zero-order chi connectivity index (χ0) is 10.1. The van der Waals surface area contributed by atoms with Crippen LogP contribution in [0.2, 0.25) is 0 Å². The van der Waals surface area contributed by atoms with E-state index in [0.717, 1.165) is 23.7 Å². The highest BCUT2D eigenvalue weighted by Gasteiger charge is 2.40. The first-order valence-electron chi connectivity index (χ1n) is 6.46. The summed E-state index contributed by atoms with van der Waals surface area (Å²) < 4.78 is 0. The Bertz CT molecular complexity index is 188. The Labute approximate surface area is 88.4 Å². The summed E-state index contributed by atoms with van der Waals surface area (Å²) in [7, 11) is 0. The SMILES string of the molecule is CCC(CC1CC2CCC1C2)C(C)N. The van der Waals surface area contributed by atoms with E-state index in [9.17, 15) is 0 Å². The molecule has 0 spiro atoms. The van der Waals surface area contributed by atoms with E-state index in [1.165, 1.54) is 32.1 Å². The van der Waals surface area contributed by atoms with Crippen LogP contribution in [-0.2, 0) is 0 Å². The van der Waals surface area contributed by atoms with Crippen molar-refractivity contribution in [1.29, 1.82) is 0 Å². The summed E-state index contributed by atoms with van der Waals surface area (Å²) in [4.78, 5) is 0. The molecule has 0 amide bonds. The van der Waals surface area contributed by atoms with E-state index in [2.05, 4.69) is 13.8 Å². The molecule has 0 heterocycles. The first-order chi connectivity index (χ1) is 6.70. The van der Waals surface area contributed by atoms with Crippen molar-refractivity contribution in [3.63, 3.8) is 0 Å². The summed E-state index contributed by atoms with van der Waals surface area (Å²) >= 11 is 0. The van der Waals surface area contributed by atoms with Crippen LogP contribution in [0.3, 0.4) is 0 Å². The van der Waals surface area contributed by atoms with Gasteiger partial charge in [-0.2, -0.15) is 0 Å². The average Bonchev–Trinajstić information content (AvgIpc) is 2.74. The molecule has 0 saturated heterocycles. The van der Waals surface area contributed by atoms with Gasteiger partial charge in [-0.1, -0.05) is 19.8 Å². The Morgan fingerprint density at radius 2 is 2.07 bits per heavy atom. The van der Waals surface area contributed by atoms with Gasteiger partial charge in [0.15, 0.2) is 0 Å². The number of rotatable bonds is 4. The minimum atomic E-state index is 0.402. The largest absolute Gasteiger partial charge is 0.328 e. The Morgan fingerprint density at radius 3 is 2.50 bits per heavy atom. The van der Waals surface area contributed by atoms with Gasteiger partial charge in [0.2, 0.25) is 0 Å². The standard InChI is InChI=1S/C13H25N/c1-3-11(9(2)14)8-13-7-10-4-5-12(13)6-10/h9-13H,3-8,14H2,1-2H3. The molecule has 1 nitrogen and oxygen atoms in total. The fourth-order valence-corrected chi connectivity index (χ4v) is 3.81. The summed E-state index contributed by atoms with van der Waals surface area (Å²) in [6, 6.07) is 0.402. The molecule has 0 aromatic rings. The summed E-state index contributed by atoms with van der Waals surface area (Å²) in [6.45, 7) is 4.47. The number of hydrogen-bond acceptors (Lipinski definition) is 1. The monoisotopic (exact) mass is 195 g/mol. The van der Waals surface area contributed by atoms with Crippen LogP contribution in [0.1, 0.15) is 52.4 Å². The van der Waals surface area contributed by atoms with Gasteiger partial charge in [0.1, 0.15) is 0 Å². The molecule has 0 aromatic heterocycles. The molecule has 2 rings (SSSR count). The van der Waals surface area contributed by atoms with E-state index in [1.54, 1.807) is 6.42 Å².